The Hall–Kier alpha value is -0.960. The van der Waals surface area contributed by atoms with Crippen LogP contribution in [0.4, 0.5) is 8.78 Å². The standard InChI is InChI=1S/C11H14F2O/c1-2-3-6-14-8-9-4-5-10(12)11(13)7-9/h4-5,7H,2-3,6,8H2,1H3. The van der Waals surface area contributed by atoms with Crippen LogP contribution in [0, 0.1) is 11.6 Å². The van der Waals surface area contributed by atoms with E-state index in [1.807, 2.05) is 0 Å². The van der Waals surface area contributed by atoms with Crippen LogP contribution in [0.15, 0.2) is 18.2 Å². The average molecular weight is 200 g/mol. The smallest absolute Gasteiger partial charge is 0.159 e. The topological polar surface area (TPSA) is 9.23 Å². The molecule has 0 bridgehead atoms. The quantitative estimate of drug-likeness (QED) is 0.663. The Kier molecular flexibility index (Phi) is 4.53. The van der Waals surface area contributed by atoms with E-state index < -0.39 is 11.6 Å². The van der Waals surface area contributed by atoms with Gasteiger partial charge in [0.05, 0.1) is 6.61 Å². The molecule has 0 atom stereocenters. The molecule has 0 spiro atoms. The molecule has 0 unspecified atom stereocenters. The van der Waals surface area contributed by atoms with E-state index in [4.69, 9.17) is 4.74 Å². The summed E-state index contributed by atoms with van der Waals surface area (Å²) in [6.45, 7) is 3.08. The summed E-state index contributed by atoms with van der Waals surface area (Å²) in [5, 5.41) is 0. The zero-order valence-corrected chi connectivity index (χ0v) is 8.22. The van der Waals surface area contributed by atoms with Gasteiger partial charge in [0.25, 0.3) is 0 Å². The van der Waals surface area contributed by atoms with Crippen LogP contribution >= 0.6 is 0 Å². The summed E-state index contributed by atoms with van der Waals surface area (Å²) in [7, 11) is 0. The summed E-state index contributed by atoms with van der Waals surface area (Å²) >= 11 is 0. The molecule has 1 aromatic rings. The second-order valence-electron chi connectivity index (χ2n) is 3.15. The van der Waals surface area contributed by atoms with Crippen molar-refractivity contribution in [1.82, 2.24) is 0 Å². The van der Waals surface area contributed by atoms with Crippen LogP contribution in [0.3, 0.4) is 0 Å². The lowest BCUT2D eigenvalue weighted by molar-refractivity contribution is 0.118. The number of hydrogen-bond donors (Lipinski definition) is 0. The molecule has 0 radical (unpaired) electrons. The van der Waals surface area contributed by atoms with Gasteiger partial charge in [-0.2, -0.15) is 0 Å². The molecule has 1 aromatic carbocycles. The number of halogens is 2. The van der Waals surface area contributed by atoms with Crippen LogP contribution in [0.2, 0.25) is 0 Å². The SMILES string of the molecule is CCCCOCc1ccc(F)c(F)c1. The molecule has 1 nitrogen and oxygen atoms in total. The maximum Gasteiger partial charge on any atom is 0.159 e. The van der Waals surface area contributed by atoms with Crippen molar-refractivity contribution in [3.63, 3.8) is 0 Å². The van der Waals surface area contributed by atoms with Gasteiger partial charge in [0.15, 0.2) is 11.6 Å². The lowest BCUT2D eigenvalue weighted by Gasteiger charge is -2.03. The summed E-state index contributed by atoms with van der Waals surface area (Å²) in [5.41, 5.74) is 0.667. The van der Waals surface area contributed by atoms with Gasteiger partial charge in [-0.05, 0) is 24.1 Å². The maximum atomic E-state index is 12.7. The molecule has 0 heterocycles. The highest BCUT2D eigenvalue weighted by molar-refractivity contribution is 5.16. The Morgan fingerprint density at radius 1 is 1.21 bits per heavy atom. The minimum absolute atomic E-state index is 0.344. The first-order valence-electron chi connectivity index (χ1n) is 4.75. The van der Waals surface area contributed by atoms with Crippen LogP contribution in [-0.2, 0) is 11.3 Å². The minimum Gasteiger partial charge on any atom is -0.377 e. The fraction of sp³-hybridized carbons (Fsp3) is 0.455. The van der Waals surface area contributed by atoms with Gasteiger partial charge in [-0.25, -0.2) is 8.78 Å². The lowest BCUT2D eigenvalue weighted by atomic mass is 10.2. The van der Waals surface area contributed by atoms with Gasteiger partial charge in [0.1, 0.15) is 0 Å². The van der Waals surface area contributed by atoms with E-state index in [1.54, 1.807) is 0 Å². The summed E-state index contributed by atoms with van der Waals surface area (Å²) in [4.78, 5) is 0. The fourth-order valence-electron chi connectivity index (χ4n) is 1.07. The maximum absolute atomic E-state index is 12.7. The highest BCUT2D eigenvalue weighted by Gasteiger charge is 2.01. The molecule has 0 fully saturated rings. The van der Waals surface area contributed by atoms with Crippen molar-refractivity contribution < 1.29 is 13.5 Å². The molecule has 3 heteroatoms. The van der Waals surface area contributed by atoms with E-state index in [-0.39, 0.29) is 0 Å². The zero-order valence-electron chi connectivity index (χ0n) is 8.22. The third-order valence-electron chi connectivity index (χ3n) is 1.89. The first-order chi connectivity index (χ1) is 6.74. The molecule has 0 N–H and O–H groups in total. The molecule has 0 aliphatic carbocycles. The first-order valence-corrected chi connectivity index (χ1v) is 4.75. The van der Waals surface area contributed by atoms with Crippen molar-refractivity contribution >= 4 is 0 Å². The van der Waals surface area contributed by atoms with E-state index in [0.717, 1.165) is 18.9 Å². The number of rotatable bonds is 5. The van der Waals surface area contributed by atoms with E-state index in [0.29, 0.717) is 18.8 Å². The Morgan fingerprint density at radius 3 is 2.64 bits per heavy atom. The summed E-state index contributed by atoms with van der Waals surface area (Å²) in [6.07, 6.45) is 2.06. The molecular weight excluding hydrogens is 186 g/mol. The predicted molar refractivity (Wildman–Crippen MR) is 50.9 cm³/mol. The number of unbranched alkanes of at least 4 members (excludes halogenated alkanes) is 1. The van der Waals surface area contributed by atoms with Gasteiger partial charge in [-0.3, -0.25) is 0 Å². The second-order valence-corrected chi connectivity index (χ2v) is 3.15. The Morgan fingerprint density at radius 2 is 2.00 bits per heavy atom. The van der Waals surface area contributed by atoms with Gasteiger partial charge in [-0.1, -0.05) is 19.4 Å². The lowest BCUT2D eigenvalue weighted by Crippen LogP contribution is -1.96. The van der Waals surface area contributed by atoms with Crippen LogP contribution < -0.4 is 0 Å². The normalized spacial score (nSPS) is 10.5. The van der Waals surface area contributed by atoms with Crippen LogP contribution in [0.5, 0.6) is 0 Å². The molecule has 0 aliphatic heterocycles. The second kappa shape index (κ2) is 5.70. The summed E-state index contributed by atoms with van der Waals surface area (Å²) < 4.78 is 30.5. The van der Waals surface area contributed by atoms with Crippen LogP contribution in [-0.4, -0.2) is 6.61 Å². The van der Waals surface area contributed by atoms with Crippen molar-refractivity contribution in [1.29, 1.82) is 0 Å². The number of benzene rings is 1. The predicted octanol–water partition coefficient (Wildman–Crippen LogP) is 3.28. The molecule has 0 saturated carbocycles. The van der Waals surface area contributed by atoms with Gasteiger partial charge in [0, 0.05) is 6.61 Å². The van der Waals surface area contributed by atoms with Crippen molar-refractivity contribution in [3.05, 3.63) is 35.4 Å². The molecule has 0 saturated heterocycles. The van der Waals surface area contributed by atoms with Crippen molar-refractivity contribution in [2.45, 2.75) is 26.4 Å². The summed E-state index contributed by atoms with van der Waals surface area (Å²) in [6, 6.07) is 3.82. The fourth-order valence-corrected chi connectivity index (χ4v) is 1.07. The van der Waals surface area contributed by atoms with Crippen molar-refractivity contribution in [3.8, 4) is 0 Å². The Bertz CT molecular complexity index is 287. The van der Waals surface area contributed by atoms with E-state index in [2.05, 4.69) is 6.92 Å². The van der Waals surface area contributed by atoms with E-state index >= 15 is 0 Å². The van der Waals surface area contributed by atoms with Crippen molar-refractivity contribution in [2.75, 3.05) is 6.61 Å². The third kappa shape index (κ3) is 3.42. The molecule has 0 amide bonds. The molecule has 1 rings (SSSR count). The molecule has 0 aromatic heterocycles. The minimum atomic E-state index is -0.818. The van der Waals surface area contributed by atoms with E-state index in [1.165, 1.54) is 12.1 Å². The van der Waals surface area contributed by atoms with Gasteiger partial charge in [-0.15, -0.1) is 0 Å². The number of hydrogen-bond acceptors (Lipinski definition) is 1. The average Bonchev–Trinajstić information content (AvgIpc) is 2.18. The largest absolute Gasteiger partial charge is 0.377 e. The van der Waals surface area contributed by atoms with Gasteiger partial charge in [0.2, 0.25) is 0 Å². The molecule has 78 valence electrons. The van der Waals surface area contributed by atoms with Crippen molar-refractivity contribution in [2.24, 2.45) is 0 Å². The molecule has 14 heavy (non-hydrogen) atoms. The molecule has 0 aliphatic rings. The summed E-state index contributed by atoms with van der Waals surface area (Å²) in [5.74, 6) is -1.64. The highest BCUT2D eigenvalue weighted by Crippen LogP contribution is 2.09. The highest BCUT2D eigenvalue weighted by atomic mass is 19.2. The molecular formula is C11H14F2O. The number of ether oxygens (including phenoxy) is 1. The van der Waals surface area contributed by atoms with Gasteiger partial charge >= 0.3 is 0 Å². The Labute approximate surface area is 82.7 Å². The third-order valence-corrected chi connectivity index (χ3v) is 1.89. The van der Waals surface area contributed by atoms with Crippen LogP contribution in [0.1, 0.15) is 25.3 Å². The monoisotopic (exact) mass is 200 g/mol. The zero-order chi connectivity index (χ0) is 10.4. The van der Waals surface area contributed by atoms with Gasteiger partial charge < -0.3 is 4.74 Å². The first kappa shape index (κ1) is 11.1. The van der Waals surface area contributed by atoms with Crippen LogP contribution in [0.25, 0.3) is 0 Å². The van der Waals surface area contributed by atoms with E-state index in [9.17, 15) is 8.78 Å². The Balaban J connectivity index is 2.39.